The second-order valence-electron chi connectivity index (χ2n) is 6.65. The normalized spacial score (nSPS) is 18.5. The van der Waals surface area contributed by atoms with Gasteiger partial charge in [0, 0.05) is 31.1 Å². The Bertz CT molecular complexity index is 702. The van der Waals surface area contributed by atoms with Gasteiger partial charge in [-0.15, -0.1) is 0 Å². The number of carboxylic acids is 1. The van der Waals surface area contributed by atoms with E-state index >= 15 is 0 Å². The van der Waals surface area contributed by atoms with Crippen LogP contribution in [0.3, 0.4) is 0 Å². The molecule has 1 aliphatic heterocycles. The van der Waals surface area contributed by atoms with E-state index in [0.29, 0.717) is 19.4 Å². The average molecular weight is 374 g/mol. The summed E-state index contributed by atoms with van der Waals surface area (Å²) in [6, 6.07) is 7.31. The molecule has 1 aromatic rings. The molecule has 0 spiro atoms. The first kappa shape index (κ1) is 20.4. The summed E-state index contributed by atoms with van der Waals surface area (Å²) in [4.78, 5) is 37.7. The van der Waals surface area contributed by atoms with Crippen molar-refractivity contribution in [1.82, 2.24) is 5.32 Å². The number of nitrogens with one attached hydrogen (secondary N) is 1. The number of carbonyl (C=O) groups is 3. The molecular formula is C19H26N4O4. The molecule has 1 aromatic carbocycles. The van der Waals surface area contributed by atoms with Crippen LogP contribution in [0.4, 0.5) is 5.69 Å². The molecule has 8 heteroatoms. The molecule has 1 heterocycles. The Hall–Kier alpha value is -2.90. The SMILES string of the molecule is CCC(CNC(=O)CC1CCCN(c2ccc(C=NN)cc2)C1=O)C(=O)O. The minimum Gasteiger partial charge on any atom is -0.481 e. The van der Waals surface area contributed by atoms with E-state index in [-0.39, 0.29) is 24.8 Å². The summed E-state index contributed by atoms with van der Waals surface area (Å²) in [7, 11) is 0. The molecule has 146 valence electrons. The Morgan fingerprint density at radius 2 is 2.11 bits per heavy atom. The lowest BCUT2D eigenvalue weighted by molar-refractivity contribution is -0.142. The second-order valence-corrected chi connectivity index (χ2v) is 6.65. The Kier molecular flexibility index (Phi) is 7.34. The van der Waals surface area contributed by atoms with Crippen LogP contribution in [-0.2, 0) is 14.4 Å². The molecule has 2 unspecified atom stereocenters. The lowest BCUT2D eigenvalue weighted by Crippen LogP contribution is -2.43. The summed E-state index contributed by atoms with van der Waals surface area (Å²) in [5.41, 5.74) is 1.61. The number of hydrogen-bond acceptors (Lipinski definition) is 5. The van der Waals surface area contributed by atoms with Gasteiger partial charge in [-0.3, -0.25) is 14.4 Å². The van der Waals surface area contributed by atoms with Gasteiger partial charge in [0.2, 0.25) is 11.8 Å². The first-order valence-electron chi connectivity index (χ1n) is 9.10. The van der Waals surface area contributed by atoms with Crippen molar-refractivity contribution in [2.24, 2.45) is 22.8 Å². The Balaban J connectivity index is 1.95. The number of rotatable bonds is 8. The highest BCUT2D eigenvalue weighted by Gasteiger charge is 2.31. The minimum absolute atomic E-state index is 0.0727. The highest BCUT2D eigenvalue weighted by atomic mass is 16.4. The largest absolute Gasteiger partial charge is 0.481 e. The van der Waals surface area contributed by atoms with Crippen LogP contribution in [0.2, 0.25) is 0 Å². The third-order valence-electron chi connectivity index (χ3n) is 4.80. The Morgan fingerprint density at radius 3 is 2.70 bits per heavy atom. The zero-order valence-electron chi connectivity index (χ0n) is 15.4. The summed E-state index contributed by atoms with van der Waals surface area (Å²) in [5, 5.41) is 15.1. The first-order chi connectivity index (χ1) is 13.0. The average Bonchev–Trinajstić information content (AvgIpc) is 2.65. The van der Waals surface area contributed by atoms with Crippen molar-refractivity contribution in [2.45, 2.75) is 32.6 Å². The summed E-state index contributed by atoms with van der Waals surface area (Å²) in [5.74, 6) is 2.83. The summed E-state index contributed by atoms with van der Waals surface area (Å²) in [6.07, 6.45) is 3.49. The Labute approximate surface area is 158 Å². The van der Waals surface area contributed by atoms with E-state index in [1.54, 1.807) is 11.8 Å². The van der Waals surface area contributed by atoms with Gasteiger partial charge in [-0.05, 0) is 37.0 Å². The number of piperidine rings is 1. The van der Waals surface area contributed by atoms with Gasteiger partial charge in [0.1, 0.15) is 0 Å². The molecule has 0 saturated carbocycles. The van der Waals surface area contributed by atoms with Crippen LogP contribution in [-0.4, -0.2) is 42.2 Å². The number of benzene rings is 1. The van der Waals surface area contributed by atoms with Crippen molar-refractivity contribution in [3.63, 3.8) is 0 Å². The first-order valence-corrected chi connectivity index (χ1v) is 9.10. The molecule has 0 bridgehead atoms. The number of carbonyl (C=O) groups excluding carboxylic acids is 2. The molecule has 27 heavy (non-hydrogen) atoms. The molecule has 2 rings (SSSR count). The number of hydrazone groups is 1. The van der Waals surface area contributed by atoms with E-state index in [2.05, 4.69) is 10.4 Å². The molecule has 1 saturated heterocycles. The lowest BCUT2D eigenvalue weighted by atomic mass is 9.92. The quantitative estimate of drug-likeness (QED) is 0.360. The fourth-order valence-electron chi connectivity index (χ4n) is 3.16. The predicted octanol–water partition coefficient (Wildman–Crippen LogP) is 1.34. The van der Waals surface area contributed by atoms with Gasteiger partial charge in [0.25, 0.3) is 0 Å². The van der Waals surface area contributed by atoms with Crippen molar-refractivity contribution in [3.8, 4) is 0 Å². The summed E-state index contributed by atoms with van der Waals surface area (Å²) in [6.45, 7) is 2.45. The van der Waals surface area contributed by atoms with Crippen LogP contribution >= 0.6 is 0 Å². The van der Waals surface area contributed by atoms with Crippen molar-refractivity contribution >= 4 is 29.7 Å². The fraction of sp³-hybridized carbons (Fsp3) is 0.474. The van der Waals surface area contributed by atoms with Crippen LogP contribution in [0.5, 0.6) is 0 Å². The van der Waals surface area contributed by atoms with Crippen molar-refractivity contribution in [2.75, 3.05) is 18.0 Å². The Morgan fingerprint density at radius 1 is 1.41 bits per heavy atom. The predicted molar refractivity (Wildman–Crippen MR) is 102 cm³/mol. The zero-order valence-corrected chi connectivity index (χ0v) is 15.4. The maximum atomic E-state index is 12.8. The zero-order chi connectivity index (χ0) is 19.8. The number of hydrogen-bond donors (Lipinski definition) is 3. The van der Waals surface area contributed by atoms with Crippen LogP contribution in [0, 0.1) is 11.8 Å². The number of carboxylic acid groups (broad SMARTS) is 1. The summed E-state index contributed by atoms with van der Waals surface area (Å²) < 4.78 is 0. The van der Waals surface area contributed by atoms with Gasteiger partial charge in [-0.2, -0.15) is 5.10 Å². The monoisotopic (exact) mass is 374 g/mol. The molecule has 4 N–H and O–H groups in total. The molecule has 0 aliphatic carbocycles. The number of anilines is 1. The third kappa shape index (κ3) is 5.54. The van der Waals surface area contributed by atoms with Crippen molar-refractivity contribution in [1.29, 1.82) is 0 Å². The van der Waals surface area contributed by atoms with E-state index in [0.717, 1.165) is 17.7 Å². The van der Waals surface area contributed by atoms with Crippen LogP contribution in [0.15, 0.2) is 29.4 Å². The summed E-state index contributed by atoms with van der Waals surface area (Å²) >= 11 is 0. The highest BCUT2D eigenvalue weighted by molar-refractivity contribution is 5.98. The maximum Gasteiger partial charge on any atom is 0.308 e. The van der Waals surface area contributed by atoms with Gasteiger partial charge in [0.05, 0.1) is 12.1 Å². The van der Waals surface area contributed by atoms with Crippen LogP contribution in [0.1, 0.15) is 38.2 Å². The van der Waals surface area contributed by atoms with Gasteiger partial charge in [0.15, 0.2) is 0 Å². The highest BCUT2D eigenvalue weighted by Crippen LogP contribution is 2.26. The molecular weight excluding hydrogens is 348 g/mol. The van der Waals surface area contributed by atoms with E-state index in [1.807, 2.05) is 24.3 Å². The van der Waals surface area contributed by atoms with Gasteiger partial charge < -0.3 is 21.2 Å². The maximum absolute atomic E-state index is 12.8. The van der Waals surface area contributed by atoms with Gasteiger partial charge in [-0.1, -0.05) is 19.1 Å². The van der Waals surface area contributed by atoms with Crippen molar-refractivity contribution < 1.29 is 19.5 Å². The molecule has 1 fully saturated rings. The van der Waals surface area contributed by atoms with Crippen LogP contribution < -0.4 is 16.1 Å². The standard InChI is InChI=1S/C19H26N4O4/c1-2-14(19(26)27)12-21-17(24)10-15-4-3-9-23(18(15)25)16-7-5-13(6-8-16)11-22-20/h5-8,11,14-15H,2-4,9-10,12,20H2,1H3,(H,21,24)(H,26,27). The number of amides is 2. The molecule has 0 radical (unpaired) electrons. The smallest absolute Gasteiger partial charge is 0.308 e. The topological polar surface area (TPSA) is 125 Å². The fourth-order valence-corrected chi connectivity index (χ4v) is 3.16. The molecule has 2 amide bonds. The van der Waals surface area contributed by atoms with Gasteiger partial charge in [-0.25, -0.2) is 0 Å². The van der Waals surface area contributed by atoms with E-state index < -0.39 is 17.8 Å². The molecule has 0 aromatic heterocycles. The number of nitrogens with two attached hydrogens (primary N) is 1. The lowest BCUT2D eigenvalue weighted by Gasteiger charge is -2.32. The molecule has 1 aliphatic rings. The number of nitrogens with zero attached hydrogens (tertiary/aromatic N) is 2. The van der Waals surface area contributed by atoms with E-state index in [9.17, 15) is 14.4 Å². The van der Waals surface area contributed by atoms with E-state index in [4.69, 9.17) is 10.9 Å². The third-order valence-corrected chi connectivity index (χ3v) is 4.80. The van der Waals surface area contributed by atoms with Crippen molar-refractivity contribution in [3.05, 3.63) is 29.8 Å². The van der Waals surface area contributed by atoms with Gasteiger partial charge >= 0.3 is 5.97 Å². The number of aliphatic carboxylic acids is 1. The second kappa shape index (κ2) is 9.70. The molecule has 2 atom stereocenters. The van der Waals surface area contributed by atoms with E-state index in [1.165, 1.54) is 6.21 Å². The minimum atomic E-state index is -0.930. The van der Waals surface area contributed by atoms with Crippen LogP contribution in [0.25, 0.3) is 0 Å². The molecule has 8 nitrogen and oxygen atoms in total.